The van der Waals surface area contributed by atoms with E-state index in [-0.39, 0.29) is 70.0 Å². The highest BCUT2D eigenvalue weighted by atomic mass is 19.4. The van der Waals surface area contributed by atoms with Gasteiger partial charge in [-0.25, -0.2) is 13.2 Å². The number of hydrogen-bond acceptors (Lipinski definition) is 7. The van der Waals surface area contributed by atoms with E-state index in [0.717, 1.165) is 37.8 Å². The number of aromatic hydroxyl groups is 1. The number of alkyl halides is 5. The Morgan fingerprint density at radius 3 is 2.36 bits per heavy atom. The van der Waals surface area contributed by atoms with Crippen LogP contribution >= 0.6 is 0 Å². The summed E-state index contributed by atoms with van der Waals surface area (Å²) in [5.74, 6) is -1.42. The molecule has 2 N–H and O–H groups in total. The van der Waals surface area contributed by atoms with Crippen molar-refractivity contribution >= 4 is 27.5 Å². The zero-order chi connectivity index (χ0) is 37.1. The normalized spacial score (nSPS) is 24.2. The van der Waals surface area contributed by atoms with Crippen LogP contribution in [-0.4, -0.2) is 77.3 Å². The molecule has 2 atom stereocenters. The van der Waals surface area contributed by atoms with E-state index >= 15 is 17.6 Å². The molecule has 0 amide bonds. The lowest BCUT2D eigenvalue weighted by Gasteiger charge is -2.35. The van der Waals surface area contributed by atoms with Crippen molar-refractivity contribution in [2.75, 3.05) is 44.2 Å². The number of rotatable bonds is 7. The van der Waals surface area contributed by atoms with Crippen LogP contribution in [-0.2, 0) is 6.18 Å². The first-order valence-electron chi connectivity index (χ1n) is 18.3. The molecule has 3 saturated heterocycles. The maximum Gasteiger partial charge on any atom is 0.417 e. The molecule has 7 nitrogen and oxygen atoms in total. The third kappa shape index (κ3) is 5.84. The van der Waals surface area contributed by atoms with E-state index in [1.807, 2.05) is 4.90 Å². The molecule has 2 bridgehead atoms. The number of benzene rings is 3. The molecule has 3 aromatic carbocycles. The van der Waals surface area contributed by atoms with Gasteiger partial charge in [-0.05, 0) is 93.3 Å². The number of nitrogens with zero attached hydrogens (tertiary/aromatic N) is 4. The lowest BCUT2D eigenvalue weighted by Crippen LogP contribution is -2.51. The number of aryl methyl sites for hydroxylation is 1. The Bertz CT molecular complexity index is 2190. The number of terminal acetylenes is 1. The molecule has 1 spiro atoms. The number of piperazine rings is 1. The molecule has 3 aliphatic heterocycles. The Labute approximate surface area is 302 Å². The van der Waals surface area contributed by atoms with Gasteiger partial charge in [0.25, 0.3) is 5.92 Å². The molecule has 0 radical (unpaired) electrons. The number of nitrogens with one attached hydrogen (secondary N) is 1. The summed E-state index contributed by atoms with van der Waals surface area (Å²) in [5, 5.41) is 14.7. The van der Waals surface area contributed by atoms with Crippen LogP contribution in [0.1, 0.15) is 61.6 Å². The summed E-state index contributed by atoms with van der Waals surface area (Å²) in [6.07, 6.45) is 5.23. The lowest BCUT2D eigenvalue weighted by atomic mass is 9.88. The average Bonchev–Trinajstić information content (AvgIpc) is 3.95. The molecule has 5 aliphatic rings. The predicted octanol–water partition coefficient (Wildman–Crippen LogP) is 7.82. The van der Waals surface area contributed by atoms with Crippen LogP contribution in [0, 0.1) is 35.9 Å². The number of phenols is 1. The van der Waals surface area contributed by atoms with Gasteiger partial charge in [0.05, 0.1) is 12.2 Å². The molecule has 4 aromatic rings. The largest absolute Gasteiger partial charge is 0.508 e. The summed E-state index contributed by atoms with van der Waals surface area (Å²) < 4.78 is 96.9. The topological polar surface area (TPSA) is 73.8 Å². The van der Waals surface area contributed by atoms with Gasteiger partial charge in [-0.15, -0.1) is 6.42 Å². The summed E-state index contributed by atoms with van der Waals surface area (Å²) in [6, 6.07) is 6.79. The SMILES string of the molecule is C#Cc1c(C)ccc2cc(O)cc(-c3c(C(F)(F)F)cc4c(N5CC6CCC(C5)N6)nc(OCC5(CN6CCC7(CC6)CC7(F)F)CC5)nc4c3F)c12. The van der Waals surface area contributed by atoms with Gasteiger partial charge in [0.1, 0.15) is 17.1 Å². The minimum atomic E-state index is -5.00. The van der Waals surface area contributed by atoms with Crippen LogP contribution in [0.2, 0.25) is 0 Å². The fraction of sp³-hybridized carbons (Fsp3) is 0.500. The molecule has 9 rings (SSSR count). The Balaban J connectivity index is 1.14. The molecule has 13 heteroatoms. The van der Waals surface area contributed by atoms with Crippen LogP contribution in [0.15, 0.2) is 30.3 Å². The van der Waals surface area contributed by atoms with E-state index in [1.165, 1.54) is 6.07 Å². The first-order valence-corrected chi connectivity index (χ1v) is 18.3. The highest BCUT2D eigenvalue weighted by molar-refractivity contribution is 6.05. The molecule has 2 unspecified atom stereocenters. The van der Waals surface area contributed by atoms with Crippen molar-refractivity contribution in [2.24, 2.45) is 10.8 Å². The number of aromatic nitrogens is 2. The molecule has 2 aliphatic carbocycles. The summed E-state index contributed by atoms with van der Waals surface area (Å²) in [6.45, 7) is 4.67. The number of anilines is 1. The summed E-state index contributed by atoms with van der Waals surface area (Å²) >= 11 is 0. The van der Waals surface area contributed by atoms with Crippen molar-refractivity contribution in [3.8, 4) is 35.2 Å². The number of halogens is 6. The number of phenolic OH excluding ortho intramolecular Hbond substituents is 1. The number of hydrogen-bond donors (Lipinski definition) is 2. The fourth-order valence-electron chi connectivity index (χ4n) is 9.17. The van der Waals surface area contributed by atoms with Crippen LogP contribution in [0.25, 0.3) is 32.8 Å². The van der Waals surface area contributed by atoms with Crippen molar-refractivity contribution in [1.29, 1.82) is 0 Å². The standard InChI is InChI=1S/C40H39F6N5O2/c1-3-27-22(2)4-5-23-14-26(52)15-28(31(23)27)32-30(40(44,45)46)16-29-34(33(32)41)48-36(49-35(29)51-17-24-6-7-25(18-51)47-24)53-21-37(8-9-37)20-50-12-10-38(11-13-50)19-39(38,42)43/h1,4-5,14-16,24-25,47,52H,6-13,17-21H2,2H3. The molecule has 53 heavy (non-hydrogen) atoms. The number of fused-ring (bicyclic) bond motifs is 4. The average molecular weight is 736 g/mol. The molecule has 2 saturated carbocycles. The van der Waals surface area contributed by atoms with Gasteiger partial charge in [0, 0.05) is 70.9 Å². The van der Waals surface area contributed by atoms with Crippen molar-refractivity contribution in [3.63, 3.8) is 0 Å². The van der Waals surface area contributed by atoms with Gasteiger partial charge in [0.2, 0.25) is 0 Å². The maximum absolute atomic E-state index is 17.3. The van der Waals surface area contributed by atoms with Gasteiger partial charge in [-0.3, -0.25) is 0 Å². The summed E-state index contributed by atoms with van der Waals surface area (Å²) in [5.41, 5.74) is -2.74. The zero-order valence-corrected chi connectivity index (χ0v) is 29.2. The quantitative estimate of drug-likeness (QED) is 0.148. The maximum atomic E-state index is 17.3. The van der Waals surface area contributed by atoms with E-state index < -0.39 is 34.5 Å². The first kappa shape index (κ1) is 34.5. The molecular weight excluding hydrogens is 696 g/mol. The van der Waals surface area contributed by atoms with E-state index in [0.29, 0.717) is 62.1 Å². The number of ether oxygens (including phenoxy) is 1. The fourth-order valence-corrected chi connectivity index (χ4v) is 9.17. The van der Waals surface area contributed by atoms with Crippen molar-refractivity contribution in [1.82, 2.24) is 20.2 Å². The minimum absolute atomic E-state index is 0.0343. The second-order valence-corrected chi connectivity index (χ2v) is 16.1. The molecule has 5 fully saturated rings. The third-order valence-corrected chi connectivity index (χ3v) is 12.5. The summed E-state index contributed by atoms with van der Waals surface area (Å²) in [7, 11) is 0. The van der Waals surface area contributed by atoms with Gasteiger partial charge in [0.15, 0.2) is 5.82 Å². The second-order valence-electron chi connectivity index (χ2n) is 16.1. The van der Waals surface area contributed by atoms with E-state index in [1.54, 1.807) is 19.1 Å². The molecule has 4 heterocycles. The first-order chi connectivity index (χ1) is 25.2. The third-order valence-electron chi connectivity index (χ3n) is 12.5. The van der Waals surface area contributed by atoms with Gasteiger partial charge in [-0.1, -0.05) is 18.1 Å². The van der Waals surface area contributed by atoms with Crippen LogP contribution < -0.4 is 15.0 Å². The van der Waals surface area contributed by atoms with E-state index in [9.17, 15) is 13.9 Å². The minimum Gasteiger partial charge on any atom is -0.508 e. The molecule has 1 aromatic heterocycles. The predicted molar refractivity (Wildman–Crippen MR) is 189 cm³/mol. The van der Waals surface area contributed by atoms with Gasteiger partial charge >= 0.3 is 12.2 Å². The highest BCUT2D eigenvalue weighted by Gasteiger charge is 2.70. The van der Waals surface area contributed by atoms with Crippen molar-refractivity contribution in [2.45, 2.75) is 76.1 Å². The number of likely N-dealkylation sites (tertiary alicyclic amines) is 1. The van der Waals surface area contributed by atoms with Gasteiger partial charge in [-0.2, -0.15) is 23.1 Å². The molecular formula is C40H39F6N5O2. The lowest BCUT2D eigenvalue weighted by molar-refractivity contribution is -0.137. The highest BCUT2D eigenvalue weighted by Crippen LogP contribution is 2.66. The summed E-state index contributed by atoms with van der Waals surface area (Å²) in [4.78, 5) is 13.2. The molecule has 278 valence electrons. The van der Waals surface area contributed by atoms with Crippen LogP contribution in [0.5, 0.6) is 11.8 Å². The van der Waals surface area contributed by atoms with E-state index in [2.05, 4.69) is 26.1 Å². The van der Waals surface area contributed by atoms with Crippen molar-refractivity contribution in [3.05, 3.63) is 52.8 Å². The van der Waals surface area contributed by atoms with E-state index in [4.69, 9.17) is 11.2 Å². The van der Waals surface area contributed by atoms with Crippen LogP contribution in [0.4, 0.5) is 32.2 Å². The monoisotopic (exact) mass is 735 g/mol. The Kier molecular flexibility index (Phi) is 7.72. The van der Waals surface area contributed by atoms with Gasteiger partial charge < -0.3 is 25.0 Å². The Hall–Kier alpha value is -4.28. The zero-order valence-electron chi connectivity index (χ0n) is 29.2. The van der Waals surface area contributed by atoms with Crippen molar-refractivity contribution < 1.29 is 36.2 Å². The number of piperidine rings is 1. The second kappa shape index (κ2) is 11.9. The Morgan fingerprint density at radius 1 is 1.04 bits per heavy atom. The smallest absolute Gasteiger partial charge is 0.417 e. The van der Waals surface area contributed by atoms with Crippen LogP contribution in [0.3, 0.4) is 0 Å². The Morgan fingerprint density at radius 2 is 1.74 bits per heavy atom.